The van der Waals surface area contributed by atoms with E-state index in [0.717, 1.165) is 0 Å². The third-order valence-corrected chi connectivity index (χ3v) is 4.54. The Morgan fingerprint density at radius 3 is 2.62 bits per heavy atom. The number of hydrogen-bond donors (Lipinski definition) is 4. The number of phenolic OH excluding ortho intramolecular Hbond substituents is 1. The molecule has 0 amide bonds. The predicted octanol–water partition coefficient (Wildman–Crippen LogP) is 1.03. The van der Waals surface area contributed by atoms with Gasteiger partial charge in [-0.2, -0.15) is 0 Å². The maximum atomic E-state index is 12.6. The Hall–Kier alpha value is -2.54. The number of ether oxygens (including phenoxy) is 1. The highest BCUT2D eigenvalue weighted by molar-refractivity contribution is 5.77. The lowest BCUT2D eigenvalue weighted by molar-refractivity contribution is -0.159. The number of H-pyrrole nitrogens is 2. The van der Waals surface area contributed by atoms with Gasteiger partial charge in [-0.25, -0.2) is 0 Å². The summed E-state index contributed by atoms with van der Waals surface area (Å²) in [6.45, 7) is 3.44. The van der Waals surface area contributed by atoms with Crippen LogP contribution in [0.15, 0.2) is 29.1 Å². The van der Waals surface area contributed by atoms with E-state index >= 15 is 0 Å². The summed E-state index contributed by atoms with van der Waals surface area (Å²) in [5, 5.41) is 25.7. The first-order valence-corrected chi connectivity index (χ1v) is 7.82. The Balaban J connectivity index is 2.20. The van der Waals surface area contributed by atoms with E-state index in [2.05, 4.69) is 10.2 Å². The van der Waals surface area contributed by atoms with Crippen molar-refractivity contribution in [1.82, 2.24) is 10.2 Å². The fourth-order valence-corrected chi connectivity index (χ4v) is 3.53. The summed E-state index contributed by atoms with van der Waals surface area (Å²) < 4.78 is 5.15. The van der Waals surface area contributed by atoms with Crippen molar-refractivity contribution in [2.24, 2.45) is 5.92 Å². The number of benzene rings is 1. The second kappa shape index (κ2) is 5.83. The van der Waals surface area contributed by atoms with Crippen LogP contribution in [-0.2, 0) is 16.0 Å². The molecule has 7 heteroatoms. The molecule has 0 bridgehead atoms. The molecule has 1 aliphatic carbocycles. The molecule has 4 N–H and O–H groups in total. The smallest absolute Gasteiger partial charge is 0.312 e. The average molecular weight is 332 g/mol. The highest BCUT2D eigenvalue weighted by Crippen LogP contribution is 2.44. The van der Waals surface area contributed by atoms with Crippen LogP contribution in [0.5, 0.6) is 5.75 Å². The summed E-state index contributed by atoms with van der Waals surface area (Å²) in [5.74, 6) is -2.06. The fourth-order valence-electron chi connectivity index (χ4n) is 3.53. The molecule has 24 heavy (non-hydrogen) atoms. The van der Waals surface area contributed by atoms with E-state index in [1.165, 1.54) is 12.1 Å². The van der Waals surface area contributed by atoms with E-state index in [9.17, 15) is 19.8 Å². The SMILES string of the molecule is CCOC(=O)C1C(c2ccc(O)cc2)c2c([nH][nH]c2=O)CC1(C)O. The molecule has 0 aliphatic heterocycles. The molecular weight excluding hydrogens is 312 g/mol. The number of carbonyl (C=O) groups excluding carboxylic acids is 1. The molecule has 7 nitrogen and oxygen atoms in total. The number of phenols is 1. The number of hydrogen-bond acceptors (Lipinski definition) is 5. The van der Waals surface area contributed by atoms with Gasteiger partial charge in [0.15, 0.2) is 0 Å². The number of rotatable bonds is 3. The van der Waals surface area contributed by atoms with Gasteiger partial charge in [0.05, 0.1) is 18.1 Å². The van der Waals surface area contributed by atoms with Crippen LogP contribution in [0.25, 0.3) is 0 Å². The Kier molecular flexibility index (Phi) is 3.96. The highest BCUT2D eigenvalue weighted by atomic mass is 16.5. The highest BCUT2D eigenvalue weighted by Gasteiger charge is 2.51. The van der Waals surface area contributed by atoms with Crippen LogP contribution in [0.3, 0.4) is 0 Å². The third-order valence-electron chi connectivity index (χ3n) is 4.54. The van der Waals surface area contributed by atoms with Crippen molar-refractivity contribution in [3.63, 3.8) is 0 Å². The molecule has 3 unspecified atom stereocenters. The lowest BCUT2D eigenvalue weighted by Crippen LogP contribution is -2.50. The van der Waals surface area contributed by atoms with E-state index < -0.39 is 23.4 Å². The van der Waals surface area contributed by atoms with Crippen molar-refractivity contribution in [3.8, 4) is 5.75 Å². The van der Waals surface area contributed by atoms with E-state index in [-0.39, 0.29) is 24.3 Å². The largest absolute Gasteiger partial charge is 0.508 e. The number of aromatic nitrogens is 2. The average Bonchev–Trinajstić information content (AvgIpc) is 2.86. The van der Waals surface area contributed by atoms with Crippen LogP contribution in [-0.4, -0.2) is 38.6 Å². The summed E-state index contributed by atoms with van der Waals surface area (Å²) in [6, 6.07) is 6.26. The van der Waals surface area contributed by atoms with Crippen LogP contribution in [0, 0.1) is 5.92 Å². The van der Waals surface area contributed by atoms with Gasteiger partial charge in [0.2, 0.25) is 0 Å². The van der Waals surface area contributed by atoms with Crippen molar-refractivity contribution in [2.75, 3.05) is 6.61 Å². The lowest BCUT2D eigenvalue weighted by Gasteiger charge is -2.40. The van der Waals surface area contributed by atoms with Crippen molar-refractivity contribution in [3.05, 3.63) is 51.4 Å². The minimum absolute atomic E-state index is 0.0807. The molecule has 1 aromatic heterocycles. The topological polar surface area (TPSA) is 115 Å². The predicted molar refractivity (Wildman–Crippen MR) is 85.8 cm³/mol. The number of fused-ring (bicyclic) bond motifs is 1. The van der Waals surface area contributed by atoms with E-state index in [0.29, 0.717) is 16.8 Å². The van der Waals surface area contributed by atoms with Crippen molar-refractivity contribution >= 4 is 5.97 Å². The van der Waals surface area contributed by atoms with Gasteiger partial charge in [-0.15, -0.1) is 0 Å². The molecule has 0 spiro atoms. The Morgan fingerprint density at radius 1 is 1.33 bits per heavy atom. The monoisotopic (exact) mass is 332 g/mol. The quantitative estimate of drug-likeness (QED) is 0.627. The van der Waals surface area contributed by atoms with Crippen molar-refractivity contribution in [1.29, 1.82) is 0 Å². The minimum atomic E-state index is -1.38. The molecule has 0 radical (unpaired) electrons. The van der Waals surface area contributed by atoms with Gasteiger partial charge in [-0.3, -0.25) is 14.7 Å². The second-order valence-electron chi connectivity index (χ2n) is 6.30. The molecule has 0 saturated carbocycles. The lowest BCUT2D eigenvalue weighted by atomic mass is 9.66. The van der Waals surface area contributed by atoms with Crippen LogP contribution in [0.1, 0.15) is 36.6 Å². The number of aliphatic hydroxyl groups is 1. The van der Waals surface area contributed by atoms with Crippen molar-refractivity contribution < 1.29 is 19.7 Å². The zero-order valence-electron chi connectivity index (χ0n) is 13.5. The standard InChI is InChI=1S/C17H20N2O5/c1-3-24-16(22)14-12(9-4-6-10(20)7-5-9)13-11(8-17(14,2)23)18-19-15(13)21/h4-7,12,14,20,23H,3,8H2,1-2H3,(H2,18,19,21). The molecule has 3 rings (SSSR count). The van der Waals surface area contributed by atoms with E-state index in [1.54, 1.807) is 26.0 Å². The molecule has 0 fully saturated rings. The molecule has 2 aromatic rings. The zero-order chi connectivity index (χ0) is 17.5. The minimum Gasteiger partial charge on any atom is -0.508 e. The molecule has 0 saturated heterocycles. The summed E-state index contributed by atoms with van der Waals surface area (Å²) >= 11 is 0. The third kappa shape index (κ3) is 2.60. The number of carbonyl (C=O) groups is 1. The molecule has 128 valence electrons. The first-order valence-electron chi connectivity index (χ1n) is 7.82. The molecule has 1 aliphatic rings. The summed E-state index contributed by atoms with van der Waals surface area (Å²) in [5.41, 5.74) is -0.0635. The van der Waals surface area contributed by atoms with Gasteiger partial charge in [0.25, 0.3) is 5.56 Å². The van der Waals surface area contributed by atoms with Gasteiger partial charge >= 0.3 is 5.97 Å². The van der Waals surface area contributed by atoms with E-state index in [1.807, 2.05) is 0 Å². The first-order chi connectivity index (χ1) is 11.3. The summed E-state index contributed by atoms with van der Waals surface area (Å²) in [4.78, 5) is 24.8. The second-order valence-corrected chi connectivity index (χ2v) is 6.30. The van der Waals surface area contributed by atoms with E-state index in [4.69, 9.17) is 4.74 Å². The number of aromatic hydroxyl groups is 1. The molecule has 3 atom stereocenters. The molecular formula is C17H20N2O5. The normalized spacial score (nSPS) is 26.0. The number of nitrogens with one attached hydrogen (secondary N) is 2. The van der Waals surface area contributed by atoms with Gasteiger partial charge < -0.3 is 20.0 Å². The van der Waals surface area contributed by atoms with Gasteiger partial charge in [0.1, 0.15) is 5.75 Å². The van der Waals surface area contributed by atoms with Crippen LogP contribution < -0.4 is 5.56 Å². The molecule has 1 aromatic carbocycles. The number of aromatic amines is 2. The van der Waals surface area contributed by atoms with Crippen LogP contribution in [0.4, 0.5) is 0 Å². The van der Waals surface area contributed by atoms with Crippen LogP contribution in [0.2, 0.25) is 0 Å². The first kappa shape index (κ1) is 16.3. The zero-order valence-corrected chi connectivity index (χ0v) is 13.5. The Morgan fingerprint density at radius 2 is 2.00 bits per heavy atom. The maximum absolute atomic E-state index is 12.6. The number of esters is 1. The fraction of sp³-hybridized carbons (Fsp3) is 0.412. The summed E-state index contributed by atoms with van der Waals surface area (Å²) in [6.07, 6.45) is 0.138. The van der Waals surface area contributed by atoms with Crippen molar-refractivity contribution in [2.45, 2.75) is 31.8 Å². The van der Waals surface area contributed by atoms with Gasteiger partial charge in [-0.05, 0) is 31.5 Å². The Bertz CT molecular complexity index is 803. The van der Waals surface area contributed by atoms with Crippen LogP contribution >= 0.6 is 0 Å². The molecule has 1 heterocycles. The summed E-state index contributed by atoms with van der Waals surface area (Å²) in [7, 11) is 0. The Labute approximate surface area is 138 Å². The maximum Gasteiger partial charge on any atom is 0.312 e. The van der Waals surface area contributed by atoms with Gasteiger partial charge in [0, 0.05) is 23.6 Å². The van der Waals surface area contributed by atoms with Gasteiger partial charge in [-0.1, -0.05) is 12.1 Å².